The predicted molar refractivity (Wildman–Crippen MR) is 119 cm³/mol. The smallest absolute Gasteiger partial charge is 0.250 e. The van der Waals surface area contributed by atoms with Crippen LogP contribution in [0.15, 0.2) is 47.4 Å². The Kier molecular flexibility index (Phi) is 5.55. The molecule has 1 fully saturated rings. The number of thiazole rings is 1. The minimum atomic E-state index is -3.60. The molecule has 1 saturated heterocycles. The summed E-state index contributed by atoms with van der Waals surface area (Å²) in [5, 5.41) is 3.11. The average molecular weight is 474 g/mol. The van der Waals surface area contributed by atoms with Crippen LogP contribution in [-0.2, 0) is 19.6 Å². The number of nitrogens with one attached hydrogen (secondary N) is 1. The molecule has 5 rings (SSSR count). The minimum Gasteiger partial charge on any atom is -0.454 e. The molecule has 166 valence electrons. The second-order valence-corrected chi connectivity index (χ2v) is 10.1. The van der Waals surface area contributed by atoms with Gasteiger partial charge in [-0.15, -0.1) is 0 Å². The molecule has 0 radical (unpaired) electrons. The quantitative estimate of drug-likeness (QED) is 0.568. The van der Waals surface area contributed by atoms with Gasteiger partial charge in [0.1, 0.15) is 0 Å². The van der Waals surface area contributed by atoms with E-state index in [9.17, 15) is 13.2 Å². The monoisotopic (exact) mass is 473 g/mol. The third-order valence-corrected chi connectivity index (χ3v) is 7.85. The molecule has 1 N–H and O–H groups in total. The topological polar surface area (TPSA) is 107 Å². The van der Waals surface area contributed by atoms with Gasteiger partial charge < -0.3 is 14.2 Å². The predicted octanol–water partition coefficient (Wildman–Crippen LogP) is 2.70. The lowest BCUT2D eigenvalue weighted by atomic mass is 10.2. The summed E-state index contributed by atoms with van der Waals surface area (Å²) in [6.07, 6.45) is 3.07. The van der Waals surface area contributed by atoms with Crippen molar-refractivity contribution < 1.29 is 27.4 Å². The van der Waals surface area contributed by atoms with E-state index in [-0.39, 0.29) is 17.6 Å². The SMILES string of the molecule is O=C(C=Cc1ccc2c(c1)OCO2)Nc1nc2ccc(S(=O)(=O)N3CCOCC3)cc2s1. The number of amides is 1. The van der Waals surface area contributed by atoms with Crippen LogP contribution in [0.5, 0.6) is 11.5 Å². The molecule has 9 nitrogen and oxygen atoms in total. The molecule has 11 heteroatoms. The largest absolute Gasteiger partial charge is 0.454 e. The van der Waals surface area contributed by atoms with Gasteiger partial charge in [-0.05, 0) is 42.0 Å². The summed E-state index contributed by atoms with van der Waals surface area (Å²) in [5.74, 6) is 0.973. The Bertz CT molecular complexity index is 1310. The molecular weight excluding hydrogens is 454 g/mol. The fraction of sp³-hybridized carbons (Fsp3) is 0.238. The summed E-state index contributed by atoms with van der Waals surface area (Å²) in [6, 6.07) is 10.2. The molecule has 3 aromatic rings. The molecule has 0 spiro atoms. The number of ether oxygens (including phenoxy) is 3. The molecule has 3 heterocycles. The summed E-state index contributed by atoms with van der Waals surface area (Å²) in [7, 11) is -3.60. The second kappa shape index (κ2) is 8.51. The van der Waals surface area contributed by atoms with Crippen molar-refractivity contribution in [1.29, 1.82) is 0 Å². The fourth-order valence-corrected chi connectivity index (χ4v) is 5.81. The molecule has 0 unspecified atom stereocenters. The van der Waals surface area contributed by atoms with Crippen molar-refractivity contribution in [3.63, 3.8) is 0 Å². The van der Waals surface area contributed by atoms with Crippen LogP contribution in [0.3, 0.4) is 0 Å². The molecule has 0 aliphatic carbocycles. The Hall–Kier alpha value is -2.99. The lowest BCUT2D eigenvalue weighted by Crippen LogP contribution is -2.40. The summed E-state index contributed by atoms with van der Waals surface area (Å²) in [6.45, 7) is 1.63. The van der Waals surface area contributed by atoms with E-state index >= 15 is 0 Å². The highest BCUT2D eigenvalue weighted by Gasteiger charge is 2.26. The van der Waals surface area contributed by atoms with Gasteiger partial charge in [0, 0.05) is 19.2 Å². The summed E-state index contributed by atoms with van der Waals surface area (Å²) >= 11 is 1.22. The first-order chi connectivity index (χ1) is 15.5. The molecule has 1 amide bonds. The van der Waals surface area contributed by atoms with Gasteiger partial charge in [-0.2, -0.15) is 4.31 Å². The van der Waals surface area contributed by atoms with Gasteiger partial charge in [-0.3, -0.25) is 10.1 Å². The van der Waals surface area contributed by atoms with E-state index in [1.807, 2.05) is 6.07 Å². The third-order valence-electron chi connectivity index (χ3n) is 5.02. The lowest BCUT2D eigenvalue weighted by Gasteiger charge is -2.25. The van der Waals surface area contributed by atoms with Crippen LogP contribution < -0.4 is 14.8 Å². The molecule has 0 atom stereocenters. The van der Waals surface area contributed by atoms with E-state index < -0.39 is 10.0 Å². The number of sulfonamides is 1. The highest BCUT2D eigenvalue weighted by atomic mass is 32.2. The Morgan fingerprint density at radius 2 is 1.91 bits per heavy atom. The number of aromatic nitrogens is 1. The van der Waals surface area contributed by atoms with Crippen molar-refractivity contribution in [2.24, 2.45) is 0 Å². The number of benzene rings is 2. The second-order valence-electron chi connectivity index (χ2n) is 7.10. The fourth-order valence-electron chi connectivity index (χ4n) is 3.39. The first-order valence-electron chi connectivity index (χ1n) is 9.86. The van der Waals surface area contributed by atoms with Crippen LogP contribution in [-0.4, -0.2) is 56.7 Å². The molecule has 2 aromatic carbocycles. The number of carbonyl (C=O) groups is 1. The maximum Gasteiger partial charge on any atom is 0.250 e. The normalized spacial score (nSPS) is 16.6. The Morgan fingerprint density at radius 3 is 2.75 bits per heavy atom. The highest BCUT2D eigenvalue weighted by Crippen LogP contribution is 2.33. The van der Waals surface area contributed by atoms with Crippen LogP contribution in [0.25, 0.3) is 16.3 Å². The first-order valence-corrected chi connectivity index (χ1v) is 12.1. The standard InChI is InChI=1S/C21H19N3O6S2/c25-20(6-2-14-1-5-17-18(11-14)30-13-29-17)23-21-22-16-4-3-15(12-19(16)31-21)32(26,27)24-7-9-28-10-8-24/h1-6,11-12H,7-10,13H2,(H,22,23,25). The van der Waals surface area contributed by atoms with E-state index in [2.05, 4.69) is 10.3 Å². The van der Waals surface area contributed by atoms with Gasteiger partial charge in [0.25, 0.3) is 0 Å². The van der Waals surface area contributed by atoms with Gasteiger partial charge >= 0.3 is 0 Å². The molecule has 32 heavy (non-hydrogen) atoms. The maximum absolute atomic E-state index is 12.9. The number of hydrogen-bond acceptors (Lipinski definition) is 8. The maximum atomic E-state index is 12.9. The molecule has 0 saturated carbocycles. The van der Waals surface area contributed by atoms with Crippen LogP contribution in [0.2, 0.25) is 0 Å². The van der Waals surface area contributed by atoms with Gasteiger partial charge in [0.05, 0.1) is 28.3 Å². The van der Waals surface area contributed by atoms with Crippen molar-refractivity contribution in [3.8, 4) is 11.5 Å². The Balaban J connectivity index is 1.30. The van der Waals surface area contributed by atoms with E-state index in [0.29, 0.717) is 53.2 Å². The number of carbonyl (C=O) groups excluding carboxylic acids is 1. The Labute approximate surface area is 188 Å². The zero-order valence-corrected chi connectivity index (χ0v) is 18.4. The number of rotatable bonds is 5. The van der Waals surface area contributed by atoms with Crippen LogP contribution in [0, 0.1) is 0 Å². The number of anilines is 1. The van der Waals surface area contributed by atoms with Crippen LogP contribution >= 0.6 is 11.3 Å². The van der Waals surface area contributed by atoms with Gasteiger partial charge in [0.15, 0.2) is 16.6 Å². The lowest BCUT2D eigenvalue weighted by molar-refractivity contribution is -0.111. The van der Waals surface area contributed by atoms with E-state index in [1.54, 1.807) is 30.3 Å². The highest BCUT2D eigenvalue weighted by molar-refractivity contribution is 7.89. The average Bonchev–Trinajstić information content (AvgIpc) is 3.43. The first kappa shape index (κ1) is 20.9. The summed E-state index contributed by atoms with van der Waals surface area (Å²) in [5.41, 5.74) is 1.41. The number of hydrogen-bond donors (Lipinski definition) is 1. The van der Waals surface area contributed by atoms with Crippen molar-refractivity contribution in [1.82, 2.24) is 9.29 Å². The zero-order valence-electron chi connectivity index (χ0n) is 16.8. The zero-order chi connectivity index (χ0) is 22.1. The summed E-state index contributed by atoms with van der Waals surface area (Å²) < 4.78 is 43.7. The number of morpholine rings is 1. The van der Waals surface area contributed by atoms with Crippen molar-refractivity contribution in [2.75, 3.05) is 38.4 Å². The molecular formula is C21H19N3O6S2. The van der Waals surface area contributed by atoms with Crippen LogP contribution in [0.1, 0.15) is 5.56 Å². The Morgan fingerprint density at radius 1 is 1.09 bits per heavy atom. The molecule has 1 aromatic heterocycles. The number of nitrogens with zero attached hydrogens (tertiary/aromatic N) is 2. The van der Waals surface area contributed by atoms with Crippen molar-refractivity contribution in [3.05, 3.63) is 48.0 Å². The van der Waals surface area contributed by atoms with E-state index in [0.717, 1.165) is 5.56 Å². The van der Waals surface area contributed by atoms with Crippen molar-refractivity contribution in [2.45, 2.75) is 4.90 Å². The molecule has 0 bridgehead atoms. The molecule has 2 aliphatic rings. The van der Waals surface area contributed by atoms with Gasteiger partial charge in [-0.25, -0.2) is 13.4 Å². The number of fused-ring (bicyclic) bond motifs is 2. The third kappa shape index (κ3) is 4.19. The van der Waals surface area contributed by atoms with E-state index in [4.69, 9.17) is 14.2 Å². The molecule has 2 aliphatic heterocycles. The van der Waals surface area contributed by atoms with Gasteiger partial charge in [0.2, 0.25) is 22.7 Å². The summed E-state index contributed by atoms with van der Waals surface area (Å²) in [4.78, 5) is 16.9. The van der Waals surface area contributed by atoms with Gasteiger partial charge in [-0.1, -0.05) is 17.4 Å². The van der Waals surface area contributed by atoms with Crippen molar-refractivity contribution >= 4 is 48.7 Å². The minimum absolute atomic E-state index is 0.191. The van der Waals surface area contributed by atoms with Crippen LogP contribution in [0.4, 0.5) is 5.13 Å². The van der Waals surface area contributed by atoms with E-state index in [1.165, 1.54) is 27.8 Å².